The summed E-state index contributed by atoms with van der Waals surface area (Å²) in [5.74, 6) is 0.861. The molecular weight excluding hydrogens is 392 g/mol. The first kappa shape index (κ1) is 22.2. The summed E-state index contributed by atoms with van der Waals surface area (Å²) in [5, 5.41) is 4.77. The fraction of sp³-hybridized carbons (Fsp3) is 0.280. The smallest absolute Gasteiger partial charge is 0.261 e. The van der Waals surface area contributed by atoms with Crippen molar-refractivity contribution in [2.75, 3.05) is 20.3 Å². The summed E-state index contributed by atoms with van der Waals surface area (Å²) in [4.78, 5) is 27.2. The van der Waals surface area contributed by atoms with E-state index in [0.717, 1.165) is 16.3 Å². The zero-order valence-corrected chi connectivity index (χ0v) is 18.1. The quantitative estimate of drug-likeness (QED) is 0.572. The fourth-order valence-corrected chi connectivity index (χ4v) is 3.42. The van der Waals surface area contributed by atoms with Crippen molar-refractivity contribution in [1.29, 1.82) is 0 Å². The Bertz CT molecular complexity index is 1050. The highest BCUT2D eigenvalue weighted by Gasteiger charge is 2.26. The number of rotatable bonds is 9. The number of carbonyl (C=O) groups is 2. The highest BCUT2D eigenvalue weighted by Crippen LogP contribution is 2.25. The molecule has 3 aromatic carbocycles. The Kier molecular flexibility index (Phi) is 7.49. The molecule has 0 fully saturated rings. The van der Waals surface area contributed by atoms with Crippen LogP contribution in [0.4, 0.5) is 0 Å². The second-order valence-corrected chi connectivity index (χ2v) is 7.21. The van der Waals surface area contributed by atoms with Crippen LogP contribution in [0.5, 0.6) is 11.5 Å². The Morgan fingerprint density at radius 2 is 1.77 bits per heavy atom. The van der Waals surface area contributed by atoms with Gasteiger partial charge >= 0.3 is 0 Å². The summed E-state index contributed by atoms with van der Waals surface area (Å²) >= 11 is 0. The molecule has 0 spiro atoms. The van der Waals surface area contributed by atoms with Crippen molar-refractivity contribution >= 4 is 22.6 Å². The van der Waals surface area contributed by atoms with Gasteiger partial charge in [-0.3, -0.25) is 9.59 Å². The van der Waals surface area contributed by atoms with Crippen molar-refractivity contribution in [3.8, 4) is 11.5 Å². The van der Waals surface area contributed by atoms with Gasteiger partial charge in [0.25, 0.3) is 5.91 Å². The molecule has 1 N–H and O–H groups in total. The van der Waals surface area contributed by atoms with Crippen LogP contribution in [-0.4, -0.2) is 43.0 Å². The van der Waals surface area contributed by atoms with Gasteiger partial charge < -0.3 is 19.7 Å². The van der Waals surface area contributed by atoms with Crippen LogP contribution in [0.3, 0.4) is 0 Å². The van der Waals surface area contributed by atoms with Crippen LogP contribution in [0.1, 0.15) is 19.4 Å². The number of methoxy groups -OCH3 is 1. The number of likely N-dealkylation sites (N-methyl/N-ethyl adjacent to an activating group) is 1. The van der Waals surface area contributed by atoms with Gasteiger partial charge in [-0.1, -0.05) is 48.5 Å². The largest absolute Gasteiger partial charge is 0.497 e. The minimum Gasteiger partial charge on any atom is -0.497 e. The van der Waals surface area contributed by atoms with Crippen LogP contribution in [-0.2, 0) is 16.1 Å². The molecule has 0 bridgehead atoms. The molecule has 162 valence electrons. The Morgan fingerprint density at radius 1 is 1.03 bits per heavy atom. The topological polar surface area (TPSA) is 67.9 Å². The monoisotopic (exact) mass is 420 g/mol. The first-order chi connectivity index (χ1) is 15.0. The molecule has 0 aliphatic heterocycles. The predicted molar refractivity (Wildman–Crippen MR) is 121 cm³/mol. The lowest BCUT2D eigenvalue weighted by atomic mass is 10.1. The molecule has 0 saturated heterocycles. The molecular formula is C25H28N2O4. The third-order valence-corrected chi connectivity index (χ3v) is 5.11. The number of benzene rings is 3. The summed E-state index contributed by atoms with van der Waals surface area (Å²) in [6.07, 6.45) is 0. The molecule has 3 aromatic rings. The lowest BCUT2D eigenvalue weighted by molar-refractivity contribution is -0.142. The molecule has 0 aliphatic carbocycles. The molecule has 6 nitrogen and oxygen atoms in total. The molecule has 3 rings (SSSR count). The molecule has 1 atom stereocenters. The van der Waals surface area contributed by atoms with E-state index >= 15 is 0 Å². The van der Waals surface area contributed by atoms with E-state index in [0.29, 0.717) is 18.0 Å². The summed E-state index contributed by atoms with van der Waals surface area (Å²) in [7, 11) is 1.59. The van der Waals surface area contributed by atoms with Gasteiger partial charge in [0, 0.05) is 18.5 Å². The minimum absolute atomic E-state index is 0.165. The Labute approximate surface area is 182 Å². The Morgan fingerprint density at radius 3 is 2.55 bits per heavy atom. The molecule has 0 aromatic heterocycles. The van der Waals surface area contributed by atoms with E-state index in [2.05, 4.69) is 5.32 Å². The maximum absolute atomic E-state index is 13.2. The summed E-state index contributed by atoms with van der Waals surface area (Å²) in [5.41, 5.74) is 0.869. The number of carbonyl (C=O) groups excluding carboxylic acids is 2. The summed E-state index contributed by atoms with van der Waals surface area (Å²) < 4.78 is 11.2. The van der Waals surface area contributed by atoms with E-state index in [4.69, 9.17) is 9.47 Å². The SMILES string of the molecule is CCNC(=O)C(C)N(Cc1cccc(OC)c1)C(=O)COc1cccc2ccccc12. The maximum atomic E-state index is 13.2. The van der Waals surface area contributed by atoms with Gasteiger partial charge in [0.05, 0.1) is 7.11 Å². The van der Waals surface area contributed by atoms with Crippen LogP contribution in [0.15, 0.2) is 66.7 Å². The molecule has 31 heavy (non-hydrogen) atoms. The average Bonchev–Trinajstić information content (AvgIpc) is 2.80. The van der Waals surface area contributed by atoms with Crippen molar-refractivity contribution in [1.82, 2.24) is 10.2 Å². The summed E-state index contributed by atoms with van der Waals surface area (Å²) in [6.45, 7) is 4.18. The predicted octanol–water partition coefficient (Wildman–Crippen LogP) is 3.78. The Hall–Kier alpha value is -3.54. The molecule has 0 aliphatic rings. The van der Waals surface area contributed by atoms with E-state index in [1.54, 1.807) is 14.0 Å². The normalized spacial score (nSPS) is 11.6. The molecule has 2 amide bonds. The van der Waals surface area contributed by atoms with E-state index in [-0.39, 0.29) is 25.0 Å². The van der Waals surface area contributed by atoms with Crippen LogP contribution < -0.4 is 14.8 Å². The highest BCUT2D eigenvalue weighted by molar-refractivity contribution is 5.90. The van der Waals surface area contributed by atoms with Crippen molar-refractivity contribution in [2.45, 2.75) is 26.4 Å². The summed E-state index contributed by atoms with van der Waals surface area (Å²) in [6, 6.07) is 20.4. The number of hydrogen-bond donors (Lipinski definition) is 1. The van der Waals surface area contributed by atoms with Gasteiger partial charge in [-0.05, 0) is 43.0 Å². The van der Waals surface area contributed by atoms with Crippen molar-refractivity contribution < 1.29 is 19.1 Å². The second kappa shape index (κ2) is 10.5. The molecule has 6 heteroatoms. The number of hydrogen-bond acceptors (Lipinski definition) is 4. The van der Waals surface area contributed by atoms with Crippen LogP contribution in [0, 0.1) is 0 Å². The zero-order chi connectivity index (χ0) is 22.2. The molecule has 0 heterocycles. The molecule has 0 saturated carbocycles. The van der Waals surface area contributed by atoms with E-state index in [9.17, 15) is 9.59 Å². The van der Waals surface area contributed by atoms with Gasteiger partial charge in [-0.2, -0.15) is 0 Å². The third kappa shape index (κ3) is 5.54. The first-order valence-electron chi connectivity index (χ1n) is 10.3. The first-order valence-corrected chi connectivity index (χ1v) is 10.3. The van der Waals surface area contributed by atoms with E-state index < -0.39 is 6.04 Å². The Balaban J connectivity index is 1.79. The lowest BCUT2D eigenvalue weighted by Gasteiger charge is -2.28. The van der Waals surface area contributed by atoms with Crippen molar-refractivity contribution in [3.05, 3.63) is 72.3 Å². The number of nitrogens with one attached hydrogen (secondary N) is 1. The van der Waals surface area contributed by atoms with Crippen molar-refractivity contribution in [3.63, 3.8) is 0 Å². The number of ether oxygens (including phenoxy) is 2. The van der Waals surface area contributed by atoms with Gasteiger partial charge in [0.1, 0.15) is 17.5 Å². The van der Waals surface area contributed by atoms with E-state index in [1.807, 2.05) is 73.7 Å². The third-order valence-electron chi connectivity index (χ3n) is 5.11. The van der Waals surface area contributed by atoms with Crippen molar-refractivity contribution in [2.24, 2.45) is 0 Å². The van der Waals surface area contributed by atoms with Crippen LogP contribution in [0.2, 0.25) is 0 Å². The van der Waals surface area contributed by atoms with Gasteiger partial charge in [-0.15, -0.1) is 0 Å². The van der Waals surface area contributed by atoms with Gasteiger partial charge in [-0.25, -0.2) is 0 Å². The number of amides is 2. The van der Waals surface area contributed by atoms with Gasteiger partial charge in [0.15, 0.2) is 6.61 Å². The number of fused-ring (bicyclic) bond motifs is 1. The molecule has 0 radical (unpaired) electrons. The van der Waals surface area contributed by atoms with Crippen LogP contribution >= 0.6 is 0 Å². The minimum atomic E-state index is -0.644. The lowest BCUT2D eigenvalue weighted by Crippen LogP contribution is -2.49. The second-order valence-electron chi connectivity index (χ2n) is 7.21. The fourth-order valence-electron chi connectivity index (χ4n) is 3.42. The van der Waals surface area contributed by atoms with Crippen LogP contribution in [0.25, 0.3) is 10.8 Å². The van der Waals surface area contributed by atoms with E-state index in [1.165, 1.54) is 4.90 Å². The number of nitrogens with zero attached hydrogens (tertiary/aromatic N) is 1. The zero-order valence-electron chi connectivity index (χ0n) is 18.1. The molecule has 1 unspecified atom stereocenters. The average molecular weight is 421 g/mol. The maximum Gasteiger partial charge on any atom is 0.261 e. The van der Waals surface area contributed by atoms with Gasteiger partial charge in [0.2, 0.25) is 5.91 Å². The standard InChI is InChI=1S/C25H28N2O4/c1-4-26-25(29)18(2)27(16-19-9-7-12-21(15-19)30-3)24(28)17-31-23-14-8-11-20-10-5-6-13-22(20)23/h5-15,18H,4,16-17H2,1-3H3,(H,26,29). The highest BCUT2D eigenvalue weighted by atomic mass is 16.5.